The summed E-state index contributed by atoms with van der Waals surface area (Å²) in [5.41, 5.74) is 7.59. The van der Waals surface area contributed by atoms with E-state index in [0.717, 1.165) is 18.8 Å². The van der Waals surface area contributed by atoms with Crippen LogP contribution in [-0.4, -0.2) is 13.1 Å². The maximum Gasteiger partial charge on any atom is 0.125 e. The highest BCUT2D eigenvalue weighted by Gasteiger charge is 2.34. The molecule has 2 rings (SSSR count). The van der Waals surface area contributed by atoms with Crippen LogP contribution in [-0.2, 0) is 0 Å². The highest BCUT2D eigenvalue weighted by Crippen LogP contribution is 2.36. The molecule has 1 aliphatic rings. The summed E-state index contributed by atoms with van der Waals surface area (Å²) in [5, 5.41) is 0. The first-order chi connectivity index (χ1) is 6.48. The molecule has 1 aromatic carbocycles. The first-order valence-electron chi connectivity index (χ1n) is 4.78. The summed E-state index contributed by atoms with van der Waals surface area (Å²) in [7, 11) is 0. The van der Waals surface area contributed by atoms with Crippen LogP contribution in [0.2, 0.25) is 0 Å². The number of hydrogen-bond donors (Lipinski definition) is 1. The molecule has 0 atom stereocenters. The molecular weight excluding hydrogens is 179 g/mol. The maximum atomic E-state index is 13.0. The second kappa shape index (κ2) is 2.87. The molecule has 14 heavy (non-hydrogen) atoms. The van der Waals surface area contributed by atoms with E-state index in [4.69, 9.17) is 5.73 Å². The monoisotopic (exact) mass is 194 g/mol. The van der Waals surface area contributed by atoms with Gasteiger partial charge in [-0.15, -0.1) is 0 Å². The number of benzene rings is 1. The minimum absolute atomic E-state index is 0.223. The van der Waals surface area contributed by atoms with Gasteiger partial charge >= 0.3 is 0 Å². The molecule has 76 valence electrons. The largest absolute Gasteiger partial charge is 0.397 e. The second-order valence-electron chi connectivity index (χ2n) is 4.72. The van der Waals surface area contributed by atoms with E-state index >= 15 is 0 Å². The molecule has 0 amide bonds. The molecule has 1 heterocycles. The first kappa shape index (κ1) is 9.31. The minimum atomic E-state index is -0.223. The summed E-state index contributed by atoms with van der Waals surface area (Å²) in [6.45, 7) is 6.28. The van der Waals surface area contributed by atoms with Gasteiger partial charge in [0.25, 0.3) is 0 Å². The molecule has 1 saturated heterocycles. The number of nitrogens with zero attached hydrogens (tertiary/aromatic N) is 1. The zero-order valence-corrected chi connectivity index (χ0v) is 8.55. The van der Waals surface area contributed by atoms with E-state index in [0.29, 0.717) is 11.1 Å². The van der Waals surface area contributed by atoms with Crippen molar-refractivity contribution in [3.05, 3.63) is 24.0 Å². The Balaban J connectivity index is 2.22. The van der Waals surface area contributed by atoms with E-state index in [1.807, 2.05) is 0 Å². The number of hydrogen-bond acceptors (Lipinski definition) is 2. The molecule has 0 bridgehead atoms. The Labute approximate surface area is 83.5 Å². The highest BCUT2D eigenvalue weighted by molar-refractivity contribution is 5.68. The molecule has 0 saturated carbocycles. The van der Waals surface area contributed by atoms with Crippen molar-refractivity contribution in [1.29, 1.82) is 0 Å². The fraction of sp³-hybridized carbons (Fsp3) is 0.455. The second-order valence-corrected chi connectivity index (χ2v) is 4.72. The summed E-state index contributed by atoms with van der Waals surface area (Å²) in [6.07, 6.45) is 0. The number of nitrogen functional groups attached to an aromatic ring is 1. The summed E-state index contributed by atoms with van der Waals surface area (Å²) < 4.78 is 13.0. The van der Waals surface area contributed by atoms with Gasteiger partial charge in [-0.1, -0.05) is 13.8 Å². The van der Waals surface area contributed by atoms with Crippen molar-refractivity contribution in [2.45, 2.75) is 13.8 Å². The fourth-order valence-electron chi connectivity index (χ4n) is 1.95. The molecule has 0 spiro atoms. The number of anilines is 2. The zero-order chi connectivity index (χ0) is 10.3. The van der Waals surface area contributed by atoms with E-state index in [1.165, 1.54) is 12.1 Å². The maximum absolute atomic E-state index is 13.0. The van der Waals surface area contributed by atoms with Crippen molar-refractivity contribution < 1.29 is 4.39 Å². The number of rotatable bonds is 1. The Morgan fingerprint density at radius 1 is 1.36 bits per heavy atom. The number of halogens is 1. The fourth-order valence-corrected chi connectivity index (χ4v) is 1.95. The van der Waals surface area contributed by atoms with Crippen LogP contribution in [0.5, 0.6) is 0 Å². The predicted molar refractivity (Wildman–Crippen MR) is 56.8 cm³/mol. The summed E-state index contributed by atoms with van der Waals surface area (Å²) in [5.74, 6) is -0.223. The van der Waals surface area contributed by atoms with Gasteiger partial charge in [-0.2, -0.15) is 0 Å². The smallest absolute Gasteiger partial charge is 0.125 e. The molecule has 0 unspecified atom stereocenters. The van der Waals surface area contributed by atoms with Gasteiger partial charge in [-0.25, -0.2) is 4.39 Å². The quantitative estimate of drug-likeness (QED) is 0.695. The third kappa shape index (κ3) is 1.54. The minimum Gasteiger partial charge on any atom is -0.397 e. The van der Waals surface area contributed by atoms with Crippen molar-refractivity contribution in [2.75, 3.05) is 23.7 Å². The van der Waals surface area contributed by atoms with Gasteiger partial charge < -0.3 is 10.6 Å². The Morgan fingerprint density at radius 2 is 2.00 bits per heavy atom. The van der Waals surface area contributed by atoms with Crippen molar-refractivity contribution in [1.82, 2.24) is 0 Å². The lowest BCUT2D eigenvalue weighted by Crippen LogP contribution is -2.53. The van der Waals surface area contributed by atoms with Crippen molar-refractivity contribution in [2.24, 2.45) is 5.41 Å². The Kier molecular flexibility index (Phi) is 1.91. The van der Waals surface area contributed by atoms with Crippen molar-refractivity contribution >= 4 is 11.4 Å². The van der Waals surface area contributed by atoms with E-state index in [2.05, 4.69) is 18.7 Å². The third-order valence-corrected chi connectivity index (χ3v) is 2.57. The van der Waals surface area contributed by atoms with Gasteiger partial charge in [0.2, 0.25) is 0 Å². The molecule has 2 nitrogen and oxygen atoms in total. The average molecular weight is 194 g/mol. The standard InChI is InChI=1S/C11H15FN2/c1-11(2)6-14(7-11)10-5-8(12)3-4-9(10)13/h3-5H,6-7,13H2,1-2H3. The van der Waals surface area contributed by atoms with Gasteiger partial charge in [0.1, 0.15) is 5.82 Å². The third-order valence-electron chi connectivity index (χ3n) is 2.57. The first-order valence-corrected chi connectivity index (χ1v) is 4.78. The van der Waals surface area contributed by atoms with Gasteiger partial charge in [-0.05, 0) is 23.6 Å². The molecule has 1 aromatic rings. The van der Waals surface area contributed by atoms with Gasteiger partial charge in [0, 0.05) is 13.1 Å². The Morgan fingerprint density at radius 3 is 2.57 bits per heavy atom. The summed E-state index contributed by atoms with van der Waals surface area (Å²) >= 11 is 0. The molecular formula is C11H15FN2. The van der Waals surface area contributed by atoms with Crippen LogP contribution in [0.25, 0.3) is 0 Å². The van der Waals surface area contributed by atoms with E-state index in [1.54, 1.807) is 6.07 Å². The van der Waals surface area contributed by atoms with Crippen LogP contribution < -0.4 is 10.6 Å². The lowest BCUT2D eigenvalue weighted by Gasteiger charge is -2.47. The topological polar surface area (TPSA) is 29.3 Å². The zero-order valence-electron chi connectivity index (χ0n) is 8.55. The van der Waals surface area contributed by atoms with Gasteiger partial charge in [0.15, 0.2) is 0 Å². The summed E-state index contributed by atoms with van der Waals surface area (Å²) in [4.78, 5) is 2.11. The molecule has 2 N–H and O–H groups in total. The average Bonchev–Trinajstić information content (AvgIpc) is 2.05. The molecule has 0 aliphatic carbocycles. The molecule has 1 aliphatic heterocycles. The van der Waals surface area contributed by atoms with E-state index in [-0.39, 0.29) is 5.82 Å². The molecule has 3 heteroatoms. The van der Waals surface area contributed by atoms with Crippen LogP contribution in [0, 0.1) is 11.2 Å². The summed E-state index contributed by atoms with van der Waals surface area (Å²) in [6, 6.07) is 4.52. The Bertz CT molecular complexity index is 352. The predicted octanol–water partition coefficient (Wildman–Crippen LogP) is 2.25. The van der Waals surface area contributed by atoms with Crippen LogP contribution >= 0.6 is 0 Å². The van der Waals surface area contributed by atoms with Crippen LogP contribution in [0.1, 0.15) is 13.8 Å². The van der Waals surface area contributed by atoms with Crippen molar-refractivity contribution in [3.63, 3.8) is 0 Å². The lowest BCUT2D eigenvalue weighted by atomic mass is 9.84. The Hall–Kier alpha value is -1.25. The van der Waals surface area contributed by atoms with Crippen molar-refractivity contribution in [3.8, 4) is 0 Å². The van der Waals surface area contributed by atoms with Gasteiger partial charge in [0.05, 0.1) is 11.4 Å². The van der Waals surface area contributed by atoms with E-state index < -0.39 is 0 Å². The van der Waals surface area contributed by atoms with Crippen LogP contribution in [0.4, 0.5) is 15.8 Å². The molecule has 0 aromatic heterocycles. The lowest BCUT2D eigenvalue weighted by molar-refractivity contribution is 0.276. The normalized spacial score (nSPS) is 19.2. The van der Waals surface area contributed by atoms with Crippen LogP contribution in [0.3, 0.4) is 0 Å². The molecule has 1 fully saturated rings. The molecule has 0 radical (unpaired) electrons. The van der Waals surface area contributed by atoms with E-state index in [9.17, 15) is 4.39 Å². The van der Waals surface area contributed by atoms with Gasteiger partial charge in [-0.3, -0.25) is 0 Å². The SMILES string of the molecule is CC1(C)CN(c2cc(F)ccc2N)C1. The van der Waals surface area contributed by atoms with Crippen LogP contribution in [0.15, 0.2) is 18.2 Å². The highest BCUT2D eigenvalue weighted by atomic mass is 19.1. The number of nitrogens with two attached hydrogens (primary N) is 1.